The lowest BCUT2D eigenvalue weighted by atomic mass is 10.1. The van der Waals surface area contributed by atoms with Crippen LogP contribution in [0, 0.1) is 5.82 Å². The number of rotatable bonds is 4. The van der Waals surface area contributed by atoms with Crippen LogP contribution in [0.15, 0.2) is 71.6 Å². The highest BCUT2D eigenvalue weighted by molar-refractivity contribution is 7.92. The second-order valence-corrected chi connectivity index (χ2v) is 8.88. The van der Waals surface area contributed by atoms with Gasteiger partial charge < -0.3 is 5.32 Å². The second kappa shape index (κ2) is 7.50. The summed E-state index contributed by atoms with van der Waals surface area (Å²) in [6, 6.07) is 16.3. The van der Waals surface area contributed by atoms with E-state index in [1.807, 2.05) is 0 Å². The predicted molar refractivity (Wildman–Crippen MR) is 110 cm³/mol. The number of nitrogens with one attached hydrogen (secondary N) is 1. The van der Waals surface area contributed by atoms with E-state index >= 15 is 0 Å². The Morgan fingerprint density at radius 1 is 1.00 bits per heavy atom. The van der Waals surface area contributed by atoms with Crippen molar-refractivity contribution in [2.45, 2.75) is 11.3 Å². The van der Waals surface area contributed by atoms with Crippen LogP contribution in [0.1, 0.15) is 15.9 Å². The van der Waals surface area contributed by atoms with Crippen LogP contribution in [0.4, 0.5) is 15.8 Å². The highest BCUT2D eigenvalue weighted by Crippen LogP contribution is 2.35. The average molecular weight is 431 g/mol. The van der Waals surface area contributed by atoms with Gasteiger partial charge in [0.25, 0.3) is 15.9 Å². The fraction of sp³-hybridized carbons (Fsp3) is 0.0952. The number of anilines is 2. The summed E-state index contributed by atoms with van der Waals surface area (Å²) in [6.07, 6.45) is 0.578. The van der Waals surface area contributed by atoms with Gasteiger partial charge in [-0.05, 0) is 72.6 Å². The molecule has 4 rings (SSSR count). The number of carbonyl (C=O) groups is 1. The van der Waals surface area contributed by atoms with Gasteiger partial charge in [0, 0.05) is 22.8 Å². The van der Waals surface area contributed by atoms with Crippen LogP contribution in [0.3, 0.4) is 0 Å². The summed E-state index contributed by atoms with van der Waals surface area (Å²) < 4.78 is 40.5. The lowest BCUT2D eigenvalue weighted by Crippen LogP contribution is -2.29. The van der Waals surface area contributed by atoms with Crippen LogP contribution in [-0.4, -0.2) is 20.9 Å². The molecule has 148 valence electrons. The molecule has 3 aromatic carbocycles. The van der Waals surface area contributed by atoms with Gasteiger partial charge in [0.1, 0.15) is 5.82 Å². The standard InChI is InChI=1S/C21H16ClFN2O3S/c22-16-4-9-19(10-5-16)29(27,28)25-12-11-14-3-8-18(13-20(14)25)24-21(26)15-1-6-17(23)7-2-15/h1-10,13H,11-12H2,(H,24,26). The first-order chi connectivity index (χ1) is 13.8. The van der Waals surface area contributed by atoms with E-state index in [1.165, 1.54) is 52.8 Å². The molecule has 5 nitrogen and oxygen atoms in total. The Balaban J connectivity index is 1.62. The zero-order valence-electron chi connectivity index (χ0n) is 15.1. The molecule has 1 amide bonds. The summed E-state index contributed by atoms with van der Waals surface area (Å²) in [5, 5.41) is 3.18. The van der Waals surface area contributed by atoms with Crippen molar-refractivity contribution >= 4 is 38.9 Å². The lowest BCUT2D eigenvalue weighted by Gasteiger charge is -2.20. The van der Waals surface area contributed by atoms with E-state index in [2.05, 4.69) is 5.32 Å². The summed E-state index contributed by atoms with van der Waals surface area (Å²) >= 11 is 5.86. The van der Waals surface area contributed by atoms with Crippen molar-refractivity contribution in [3.05, 3.63) is 88.7 Å². The average Bonchev–Trinajstić information content (AvgIpc) is 3.13. The maximum atomic E-state index is 13.1. The van der Waals surface area contributed by atoms with Crippen molar-refractivity contribution in [1.29, 1.82) is 0 Å². The van der Waals surface area contributed by atoms with Gasteiger partial charge in [-0.3, -0.25) is 9.10 Å². The molecule has 0 radical (unpaired) electrons. The highest BCUT2D eigenvalue weighted by atomic mass is 35.5. The Hall–Kier alpha value is -2.90. The Morgan fingerprint density at radius 3 is 2.38 bits per heavy atom. The van der Waals surface area contributed by atoms with Crippen LogP contribution >= 0.6 is 11.6 Å². The van der Waals surface area contributed by atoms with Gasteiger partial charge in [0.15, 0.2) is 0 Å². The van der Waals surface area contributed by atoms with Gasteiger partial charge in [-0.15, -0.1) is 0 Å². The Morgan fingerprint density at radius 2 is 1.69 bits per heavy atom. The summed E-state index contributed by atoms with van der Waals surface area (Å²) in [7, 11) is -3.75. The molecule has 0 saturated heterocycles. The van der Waals surface area contributed by atoms with Crippen LogP contribution in [-0.2, 0) is 16.4 Å². The summed E-state index contributed by atoms with van der Waals surface area (Å²) in [5.74, 6) is -0.836. The normalized spacial score (nSPS) is 13.2. The van der Waals surface area contributed by atoms with Crippen LogP contribution in [0.5, 0.6) is 0 Å². The molecule has 0 saturated carbocycles. The Bertz CT molecular complexity index is 1180. The van der Waals surface area contributed by atoms with E-state index in [0.717, 1.165) is 5.56 Å². The molecule has 0 aliphatic carbocycles. The van der Waals surface area contributed by atoms with Crippen molar-refractivity contribution in [3.63, 3.8) is 0 Å². The van der Waals surface area contributed by atoms with Gasteiger partial charge in [0.2, 0.25) is 0 Å². The van der Waals surface area contributed by atoms with Crippen LogP contribution in [0.2, 0.25) is 5.02 Å². The van der Waals surface area contributed by atoms with Crippen molar-refractivity contribution in [2.75, 3.05) is 16.2 Å². The number of hydrogen-bond acceptors (Lipinski definition) is 3. The monoisotopic (exact) mass is 430 g/mol. The molecule has 0 unspecified atom stereocenters. The minimum atomic E-state index is -3.75. The first kappa shape index (κ1) is 19.4. The third-order valence-corrected chi connectivity index (χ3v) is 6.78. The van der Waals surface area contributed by atoms with Gasteiger partial charge in [0.05, 0.1) is 10.6 Å². The van der Waals surface area contributed by atoms with Gasteiger partial charge in [-0.2, -0.15) is 0 Å². The molecule has 1 aliphatic rings. The number of carbonyl (C=O) groups excluding carboxylic acids is 1. The molecule has 0 bridgehead atoms. The van der Waals surface area contributed by atoms with Crippen LogP contribution in [0.25, 0.3) is 0 Å². The smallest absolute Gasteiger partial charge is 0.264 e. The van der Waals surface area contributed by atoms with E-state index in [0.29, 0.717) is 34.9 Å². The highest BCUT2D eigenvalue weighted by Gasteiger charge is 2.31. The maximum Gasteiger partial charge on any atom is 0.264 e. The number of nitrogens with zero attached hydrogens (tertiary/aromatic N) is 1. The topological polar surface area (TPSA) is 66.5 Å². The molecule has 1 aliphatic heterocycles. The summed E-state index contributed by atoms with van der Waals surface area (Å²) in [4.78, 5) is 12.5. The van der Waals surface area contributed by atoms with Gasteiger partial charge >= 0.3 is 0 Å². The molecule has 0 fully saturated rings. The van der Waals surface area contributed by atoms with Crippen LogP contribution < -0.4 is 9.62 Å². The zero-order chi connectivity index (χ0) is 20.6. The number of benzene rings is 3. The van der Waals surface area contributed by atoms with E-state index < -0.39 is 21.7 Å². The molecule has 1 heterocycles. The first-order valence-corrected chi connectivity index (χ1v) is 10.6. The maximum absolute atomic E-state index is 13.1. The third kappa shape index (κ3) is 3.83. The number of sulfonamides is 1. The quantitative estimate of drug-likeness (QED) is 0.663. The first-order valence-electron chi connectivity index (χ1n) is 8.83. The van der Waals surface area contributed by atoms with Crippen molar-refractivity contribution in [3.8, 4) is 0 Å². The van der Waals surface area contributed by atoms with Crippen molar-refractivity contribution < 1.29 is 17.6 Å². The molecule has 3 aromatic rings. The minimum absolute atomic E-state index is 0.149. The molecular formula is C21H16ClFN2O3S. The third-order valence-electron chi connectivity index (χ3n) is 4.70. The number of halogens is 2. The van der Waals surface area contributed by atoms with Crippen molar-refractivity contribution in [2.24, 2.45) is 0 Å². The van der Waals surface area contributed by atoms with Gasteiger partial charge in [-0.25, -0.2) is 12.8 Å². The van der Waals surface area contributed by atoms with Crippen molar-refractivity contribution in [1.82, 2.24) is 0 Å². The molecule has 0 atom stereocenters. The van der Waals surface area contributed by atoms with E-state index in [4.69, 9.17) is 11.6 Å². The molecule has 1 N–H and O–H groups in total. The fourth-order valence-electron chi connectivity index (χ4n) is 3.22. The summed E-state index contributed by atoms with van der Waals surface area (Å²) in [5.41, 5.74) is 2.16. The number of hydrogen-bond donors (Lipinski definition) is 1. The van der Waals surface area contributed by atoms with E-state index in [-0.39, 0.29) is 4.90 Å². The summed E-state index contributed by atoms with van der Waals surface area (Å²) in [6.45, 7) is 0.315. The number of amides is 1. The minimum Gasteiger partial charge on any atom is -0.322 e. The molecule has 0 spiro atoms. The van der Waals surface area contributed by atoms with E-state index in [1.54, 1.807) is 18.2 Å². The molecule has 8 heteroatoms. The lowest BCUT2D eigenvalue weighted by molar-refractivity contribution is 0.102. The van der Waals surface area contributed by atoms with Gasteiger partial charge in [-0.1, -0.05) is 17.7 Å². The molecule has 29 heavy (non-hydrogen) atoms. The zero-order valence-corrected chi connectivity index (χ0v) is 16.7. The molecular weight excluding hydrogens is 415 g/mol. The largest absolute Gasteiger partial charge is 0.322 e. The molecule has 0 aromatic heterocycles. The van der Waals surface area contributed by atoms with E-state index in [9.17, 15) is 17.6 Å². The number of fused-ring (bicyclic) bond motifs is 1. The fourth-order valence-corrected chi connectivity index (χ4v) is 4.84. The Labute approximate surface area is 172 Å². The predicted octanol–water partition coefficient (Wildman–Crippen LogP) is 4.48. The second-order valence-electron chi connectivity index (χ2n) is 6.59. The SMILES string of the molecule is O=C(Nc1ccc2c(c1)N(S(=O)(=O)c1ccc(Cl)cc1)CC2)c1ccc(F)cc1. The Kier molecular flexibility index (Phi) is 5.02.